The summed E-state index contributed by atoms with van der Waals surface area (Å²) in [6.45, 7) is 3.59. The van der Waals surface area contributed by atoms with Crippen LogP contribution in [0.3, 0.4) is 0 Å². The lowest BCUT2D eigenvalue weighted by molar-refractivity contribution is -0.151. The van der Waals surface area contributed by atoms with Gasteiger partial charge in [0.25, 0.3) is 0 Å². The highest BCUT2D eigenvalue weighted by Gasteiger charge is 2.67. The van der Waals surface area contributed by atoms with Gasteiger partial charge in [-0.25, -0.2) is 4.90 Å². The molecule has 3 heterocycles. The largest absolute Gasteiger partial charge is 0.468 e. The van der Waals surface area contributed by atoms with Gasteiger partial charge >= 0.3 is 5.97 Å². The van der Waals surface area contributed by atoms with Gasteiger partial charge in [-0.2, -0.15) is 0 Å². The lowest BCUT2D eigenvalue weighted by atomic mass is 9.81. The maximum absolute atomic E-state index is 13.3. The molecule has 2 saturated heterocycles. The van der Waals surface area contributed by atoms with Gasteiger partial charge in [0.15, 0.2) is 0 Å². The fraction of sp³-hybridized carbons (Fsp3) is 0.350. The van der Waals surface area contributed by atoms with Crippen molar-refractivity contribution < 1.29 is 19.1 Å². The summed E-state index contributed by atoms with van der Waals surface area (Å²) in [5, 5.41) is 5.15. The first-order valence-electron chi connectivity index (χ1n) is 8.72. The number of carbonyl (C=O) groups excluding carboxylic acids is 3. The van der Waals surface area contributed by atoms with Crippen molar-refractivity contribution in [2.45, 2.75) is 25.4 Å². The number of carbonyl (C=O) groups is 3. The molecular weight excluding hydrogens is 364 g/mol. The maximum atomic E-state index is 13.3. The monoisotopic (exact) mass is 384 g/mol. The number of nitrogens with one attached hydrogen (secondary N) is 1. The van der Waals surface area contributed by atoms with E-state index in [0.29, 0.717) is 5.69 Å². The molecule has 2 aliphatic rings. The summed E-state index contributed by atoms with van der Waals surface area (Å²) in [6.07, 6.45) is 0. The minimum Gasteiger partial charge on any atom is -0.468 e. The minimum absolute atomic E-state index is 0.285. The van der Waals surface area contributed by atoms with Crippen molar-refractivity contribution in [3.8, 4) is 0 Å². The first-order chi connectivity index (χ1) is 12.9. The topological polar surface area (TPSA) is 75.7 Å². The molecule has 2 amide bonds. The van der Waals surface area contributed by atoms with Crippen molar-refractivity contribution in [2.75, 3.05) is 12.0 Å². The van der Waals surface area contributed by atoms with Crippen LogP contribution in [-0.2, 0) is 19.1 Å². The van der Waals surface area contributed by atoms with E-state index in [9.17, 15) is 14.4 Å². The van der Waals surface area contributed by atoms with Crippen LogP contribution in [0.5, 0.6) is 0 Å². The molecule has 2 aromatic rings. The van der Waals surface area contributed by atoms with Crippen LogP contribution in [0.15, 0.2) is 41.8 Å². The Balaban J connectivity index is 1.81. The fourth-order valence-corrected chi connectivity index (χ4v) is 5.02. The van der Waals surface area contributed by atoms with Crippen molar-refractivity contribution >= 4 is 34.8 Å². The van der Waals surface area contributed by atoms with Crippen LogP contribution in [-0.4, -0.2) is 30.4 Å². The Morgan fingerprint density at radius 2 is 1.89 bits per heavy atom. The molecule has 0 bridgehead atoms. The SMILES string of the molecule is COC(=O)[C@]1(C)N[C@@H](c2cccs2)[C@@H]2C(=O)N(c3ccc(C)cc3)C(=O)[C@H]21. The van der Waals surface area contributed by atoms with Gasteiger partial charge in [-0.3, -0.25) is 19.7 Å². The van der Waals surface area contributed by atoms with E-state index in [0.717, 1.165) is 10.4 Å². The zero-order valence-electron chi connectivity index (χ0n) is 15.3. The molecule has 140 valence electrons. The number of anilines is 1. The molecule has 0 saturated carbocycles. The maximum Gasteiger partial charge on any atom is 0.326 e. The van der Waals surface area contributed by atoms with Crippen LogP contribution in [0.25, 0.3) is 0 Å². The molecule has 4 atom stereocenters. The molecule has 0 spiro atoms. The highest BCUT2D eigenvalue weighted by atomic mass is 32.1. The standard InChI is InChI=1S/C20H20N2O4S/c1-11-6-8-12(9-7-11)22-17(23)14-15(18(22)24)20(2,19(25)26-3)21-16(14)13-5-4-10-27-13/h4-10,14-16,21H,1-3H3/t14-,15+,16+,20-/m1/s1. The number of hydrogen-bond donors (Lipinski definition) is 1. The number of aryl methyl sites for hydroxylation is 1. The second kappa shape index (κ2) is 6.28. The van der Waals surface area contributed by atoms with Gasteiger partial charge in [0.2, 0.25) is 11.8 Å². The second-order valence-electron chi connectivity index (χ2n) is 7.18. The van der Waals surface area contributed by atoms with E-state index in [1.807, 2.05) is 36.6 Å². The summed E-state index contributed by atoms with van der Waals surface area (Å²) in [6, 6.07) is 10.6. The number of methoxy groups -OCH3 is 1. The van der Waals surface area contributed by atoms with Crippen LogP contribution in [0, 0.1) is 18.8 Å². The number of rotatable bonds is 3. The second-order valence-corrected chi connectivity index (χ2v) is 8.16. The molecule has 6 nitrogen and oxygen atoms in total. The van der Waals surface area contributed by atoms with Crippen molar-refractivity contribution in [1.29, 1.82) is 0 Å². The van der Waals surface area contributed by atoms with E-state index < -0.39 is 29.4 Å². The highest BCUT2D eigenvalue weighted by Crippen LogP contribution is 2.50. The Morgan fingerprint density at radius 3 is 2.48 bits per heavy atom. The zero-order chi connectivity index (χ0) is 19.3. The van der Waals surface area contributed by atoms with Gasteiger partial charge < -0.3 is 4.74 Å². The summed E-state index contributed by atoms with van der Waals surface area (Å²) >= 11 is 1.49. The van der Waals surface area contributed by atoms with Crippen molar-refractivity contribution in [2.24, 2.45) is 11.8 Å². The Morgan fingerprint density at radius 1 is 1.19 bits per heavy atom. The number of hydrogen-bond acceptors (Lipinski definition) is 6. The lowest BCUT2D eigenvalue weighted by Crippen LogP contribution is -2.54. The van der Waals surface area contributed by atoms with E-state index in [1.165, 1.54) is 23.3 Å². The molecule has 1 aromatic carbocycles. The lowest BCUT2D eigenvalue weighted by Gasteiger charge is -2.28. The van der Waals surface area contributed by atoms with Gasteiger partial charge in [0.05, 0.1) is 30.7 Å². The molecule has 27 heavy (non-hydrogen) atoms. The van der Waals surface area contributed by atoms with Crippen LogP contribution in [0.4, 0.5) is 5.69 Å². The molecule has 1 aromatic heterocycles. The molecule has 7 heteroatoms. The van der Waals surface area contributed by atoms with Crippen LogP contribution in [0.2, 0.25) is 0 Å². The third kappa shape index (κ3) is 2.53. The van der Waals surface area contributed by atoms with Gasteiger partial charge in [-0.15, -0.1) is 11.3 Å². The molecule has 1 N–H and O–H groups in total. The molecule has 4 rings (SSSR count). The summed E-state index contributed by atoms with van der Waals surface area (Å²) in [7, 11) is 1.29. The third-order valence-electron chi connectivity index (χ3n) is 5.54. The van der Waals surface area contributed by atoms with Crippen molar-refractivity contribution in [3.63, 3.8) is 0 Å². The highest BCUT2D eigenvalue weighted by molar-refractivity contribution is 7.10. The molecule has 2 fully saturated rings. The average molecular weight is 384 g/mol. The number of esters is 1. The fourth-order valence-electron chi connectivity index (χ4n) is 4.20. The zero-order valence-corrected chi connectivity index (χ0v) is 16.1. The van der Waals surface area contributed by atoms with E-state index in [4.69, 9.17) is 4.74 Å². The predicted molar refractivity (Wildman–Crippen MR) is 101 cm³/mol. The quantitative estimate of drug-likeness (QED) is 0.650. The van der Waals surface area contributed by atoms with E-state index >= 15 is 0 Å². The number of fused-ring (bicyclic) bond motifs is 1. The Labute approximate surface area is 161 Å². The summed E-state index contributed by atoms with van der Waals surface area (Å²) in [5.41, 5.74) is 0.304. The minimum atomic E-state index is -1.26. The smallest absolute Gasteiger partial charge is 0.326 e. The molecular formula is C20H20N2O4S. The van der Waals surface area contributed by atoms with Crippen LogP contribution < -0.4 is 10.2 Å². The normalized spacial score (nSPS) is 29.9. The number of imide groups is 1. The van der Waals surface area contributed by atoms with Crippen molar-refractivity contribution in [3.05, 3.63) is 52.2 Å². The van der Waals surface area contributed by atoms with Crippen molar-refractivity contribution in [1.82, 2.24) is 5.32 Å². The van der Waals surface area contributed by atoms with Crippen LogP contribution >= 0.6 is 11.3 Å². The van der Waals surface area contributed by atoms with Crippen LogP contribution in [0.1, 0.15) is 23.4 Å². The first-order valence-corrected chi connectivity index (χ1v) is 9.60. The van der Waals surface area contributed by atoms with Gasteiger partial charge in [0.1, 0.15) is 5.54 Å². The third-order valence-corrected chi connectivity index (χ3v) is 6.49. The molecule has 0 radical (unpaired) electrons. The number of benzene rings is 1. The average Bonchev–Trinajstić information content (AvgIpc) is 3.34. The Hall–Kier alpha value is -2.51. The summed E-state index contributed by atoms with van der Waals surface area (Å²) in [4.78, 5) is 41.3. The molecule has 0 unspecified atom stereocenters. The predicted octanol–water partition coefficient (Wildman–Crippen LogP) is 2.44. The van der Waals surface area contributed by atoms with E-state index in [2.05, 4.69) is 5.32 Å². The van der Waals surface area contributed by atoms with E-state index in [-0.39, 0.29) is 11.8 Å². The molecule has 2 aliphatic heterocycles. The summed E-state index contributed by atoms with van der Waals surface area (Å²) in [5.74, 6) is -2.66. The first kappa shape index (κ1) is 17.9. The van der Waals surface area contributed by atoms with Gasteiger partial charge in [-0.1, -0.05) is 23.8 Å². The number of nitrogens with zero attached hydrogens (tertiary/aromatic N) is 1. The number of thiophene rings is 1. The number of amides is 2. The Bertz CT molecular complexity index is 909. The van der Waals surface area contributed by atoms with E-state index in [1.54, 1.807) is 19.1 Å². The molecule has 0 aliphatic carbocycles. The summed E-state index contributed by atoms with van der Waals surface area (Å²) < 4.78 is 4.97. The van der Waals surface area contributed by atoms with Gasteiger partial charge in [-0.05, 0) is 37.4 Å². The van der Waals surface area contributed by atoms with Gasteiger partial charge in [0, 0.05) is 4.88 Å². The number of ether oxygens (including phenoxy) is 1. The Kier molecular flexibility index (Phi) is 4.16.